The van der Waals surface area contributed by atoms with Crippen LogP contribution in [0.3, 0.4) is 0 Å². The van der Waals surface area contributed by atoms with Crippen LogP contribution < -0.4 is 4.90 Å². The van der Waals surface area contributed by atoms with Crippen molar-refractivity contribution in [3.63, 3.8) is 0 Å². The molecule has 124 valence electrons. The van der Waals surface area contributed by atoms with Crippen molar-refractivity contribution >= 4 is 17.6 Å². The lowest BCUT2D eigenvalue weighted by Gasteiger charge is -2.11. The Kier molecular flexibility index (Phi) is 3.86. The van der Waals surface area contributed by atoms with Crippen LogP contribution in [-0.4, -0.2) is 25.4 Å². The number of nitrogens with zero attached hydrogens (tertiary/aromatic N) is 2. The Morgan fingerprint density at radius 2 is 1.60 bits per heavy atom. The first-order chi connectivity index (χ1) is 12.1. The van der Waals surface area contributed by atoms with Crippen LogP contribution in [0.15, 0.2) is 71.7 Å². The fraction of sp³-hybridized carbons (Fsp3) is 0.136. The molecule has 0 unspecified atom stereocenters. The molecule has 0 aromatic heterocycles. The Morgan fingerprint density at radius 3 is 2.36 bits per heavy atom. The van der Waals surface area contributed by atoms with E-state index in [4.69, 9.17) is 0 Å². The van der Waals surface area contributed by atoms with Crippen LogP contribution in [0.25, 0.3) is 11.1 Å². The molecule has 1 atom stereocenters. The molecule has 0 fully saturated rings. The summed E-state index contributed by atoms with van der Waals surface area (Å²) < 4.78 is 0. The Balaban J connectivity index is 1.61. The highest BCUT2D eigenvalue weighted by atomic mass is 16.3. The van der Waals surface area contributed by atoms with E-state index in [0.29, 0.717) is 0 Å². The Morgan fingerprint density at radius 1 is 0.880 bits per heavy atom. The van der Waals surface area contributed by atoms with Gasteiger partial charge in [-0.1, -0.05) is 42.5 Å². The molecule has 4 rings (SSSR count). The van der Waals surface area contributed by atoms with Crippen LogP contribution in [0.5, 0.6) is 0 Å². The third-order valence-electron chi connectivity index (χ3n) is 4.65. The summed E-state index contributed by atoms with van der Waals surface area (Å²) in [7, 11) is 4.05. The van der Waals surface area contributed by atoms with Gasteiger partial charge in [0.1, 0.15) is 6.10 Å². The van der Waals surface area contributed by atoms with Gasteiger partial charge in [-0.25, -0.2) is 0 Å². The van der Waals surface area contributed by atoms with Gasteiger partial charge in [-0.15, -0.1) is 0 Å². The van der Waals surface area contributed by atoms with Gasteiger partial charge in [0, 0.05) is 26.0 Å². The number of hydrogen-bond donors (Lipinski definition) is 1. The molecular formula is C22H20N2O. The lowest BCUT2D eigenvalue weighted by Crippen LogP contribution is -2.08. The second kappa shape index (κ2) is 6.19. The van der Waals surface area contributed by atoms with Gasteiger partial charge < -0.3 is 10.0 Å². The van der Waals surface area contributed by atoms with Gasteiger partial charge in [0.15, 0.2) is 0 Å². The number of aliphatic hydroxyl groups excluding tert-OH is 1. The third kappa shape index (κ3) is 2.83. The predicted octanol–water partition coefficient (Wildman–Crippen LogP) is 4.57. The second-order valence-corrected chi connectivity index (χ2v) is 6.51. The molecule has 0 bridgehead atoms. The standard InChI is InChI=1S/C22H20N2O/c1-24(2)17-10-7-15(8-11-17)14-23-16-9-12-19-18-5-3-4-6-20(18)22(25)21(19)13-16/h3-14,22,25H,1-2H3/t22-/m0/s1. The molecule has 3 aromatic rings. The normalized spacial score (nSPS) is 15.2. The van der Waals surface area contributed by atoms with Crippen molar-refractivity contribution in [2.45, 2.75) is 6.10 Å². The number of aliphatic imine (C=N–C) groups is 1. The molecular weight excluding hydrogens is 308 g/mol. The fourth-order valence-corrected chi connectivity index (χ4v) is 3.26. The van der Waals surface area contributed by atoms with Crippen LogP contribution in [-0.2, 0) is 0 Å². The quantitative estimate of drug-likeness (QED) is 0.715. The average Bonchev–Trinajstić information content (AvgIpc) is 2.93. The van der Waals surface area contributed by atoms with Crippen molar-refractivity contribution in [1.82, 2.24) is 0 Å². The van der Waals surface area contributed by atoms with Gasteiger partial charge in [0.2, 0.25) is 0 Å². The molecule has 3 heteroatoms. The molecule has 25 heavy (non-hydrogen) atoms. The van der Waals surface area contributed by atoms with Gasteiger partial charge in [-0.05, 0) is 52.1 Å². The molecule has 3 aromatic carbocycles. The van der Waals surface area contributed by atoms with Crippen LogP contribution in [0, 0.1) is 0 Å². The lowest BCUT2D eigenvalue weighted by atomic mass is 10.1. The van der Waals surface area contributed by atoms with Crippen molar-refractivity contribution in [2.75, 3.05) is 19.0 Å². The van der Waals surface area contributed by atoms with Gasteiger partial charge in [0.05, 0.1) is 5.69 Å². The highest BCUT2D eigenvalue weighted by molar-refractivity contribution is 5.84. The average molecular weight is 328 g/mol. The molecule has 0 aliphatic heterocycles. The van der Waals surface area contributed by atoms with Gasteiger partial charge in [-0.3, -0.25) is 4.99 Å². The van der Waals surface area contributed by atoms with Gasteiger partial charge in [0.25, 0.3) is 0 Å². The minimum absolute atomic E-state index is 0.569. The molecule has 0 radical (unpaired) electrons. The number of fused-ring (bicyclic) bond motifs is 3. The minimum Gasteiger partial charge on any atom is -0.384 e. The SMILES string of the molecule is CN(C)c1ccc(C=Nc2ccc3c(c2)[C@@H](O)c2ccccc2-3)cc1. The van der Waals surface area contributed by atoms with E-state index in [9.17, 15) is 5.11 Å². The topological polar surface area (TPSA) is 35.8 Å². The second-order valence-electron chi connectivity index (χ2n) is 6.51. The molecule has 3 nitrogen and oxygen atoms in total. The monoisotopic (exact) mass is 328 g/mol. The zero-order chi connectivity index (χ0) is 17.4. The fourth-order valence-electron chi connectivity index (χ4n) is 3.26. The van der Waals surface area contributed by atoms with E-state index < -0.39 is 6.10 Å². The number of anilines is 1. The van der Waals surface area contributed by atoms with Gasteiger partial charge in [-0.2, -0.15) is 0 Å². The van der Waals surface area contributed by atoms with Crippen LogP contribution in [0.2, 0.25) is 0 Å². The van der Waals surface area contributed by atoms with E-state index in [1.54, 1.807) is 0 Å². The number of rotatable bonds is 3. The molecule has 0 spiro atoms. The van der Waals surface area contributed by atoms with E-state index in [2.05, 4.69) is 40.2 Å². The highest BCUT2D eigenvalue weighted by Gasteiger charge is 2.26. The summed E-state index contributed by atoms with van der Waals surface area (Å²) in [5, 5.41) is 10.6. The van der Waals surface area contributed by atoms with Crippen molar-refractivity contribution in [3.8, 4) is 11.1 Å². The van der Waals surface area contributed by atoms with Crippen LogP contribution in [0.1, 0.15) is 22.8 Å². The maximum atomic E-state index is 10.6. The number of hydrogen-bond acceptors (Lipinski definition) is 3. The van der Waals surface area contributed by atoms with E-state index in [1.165, 1.54) is 0 Å². The number of aliphatic hydroxyl groups is 1. The summed E-state index contributed by atoms with van der Waals surface area (Å²) in [5.74, 6) is 0. The van der Waals surface area contributed by atoms with E-state index in [0.717, 1.165) is 39.2 Å². The predicted molar refractivity (Wildman–Crippen MR) is 104 cm³/mol. The minimum atomic E-state index is -0.569. The highest BCUT2D eigenvalue weighted by Crippen LogP contribution is 2.44. The zero-order valence-corrected chi connectivity index (χ0v) is 14.3. The molecule has 0 saturated heterocycles. The zero-order valence-electron chi connectivity index (χ0n) is 14.3. The van der Waals surface area contributed by atoms with E-state index in [-0.39, 0.29) is 0 Å². The molecule has 0 amide bonds. The first-order valence-electron chi connectivity index (χ1n) is 8.36. The van der Waals surface area contributed by atoms with Crippen LogP contribution in [0.4, 0.5) is 11.4 Å². The van der Waals surface area contributed by atoms with Gasteiger partial charge >= 0.3 is 0 Å². The Hall–Kier alpha value is -2.91. The summed E-state index contributed by atoms with van der Waals surface area (Å²) in [6.45, 7) is 0. The largest absolute Gasteiger partial charge is 0.384 e. The maximum absolute atomic E-state index is 10.6. The summed E-state index contributed by atoms with van der Waals surface area (Å²) in [4.78, 5) is 6.65. The molecule has 0 heterocycles. The summed E-state index contributed by atoms with van der Waals surface area (Å²) in [5.41, 5.74) is 7.17. The first kappa shape index (κ1) is 15.6. The van der Waals surface area contributed by atoms with Crippen molar-refractivity contribution in [1.29, 1.82) is 0 Å². The summed E-state index contributed by atoms with van der Waals surface area (Å²) in [6.07, 6.45) is 1.29. The van der Waals surface area contributed by atoms with E-state index >= 15 is 0 Å². The Bertz CT molecular complexity index is 942. The van der Waals surface area contributed by atoms with Crippen molar-refractivity contribution in [3.05, 3.63) is 83.4 Å². The first-order valence-corrected chi connectivity index (χ1v) is 8.36. The van der Waals surface area contributed by atoms with Crippen molar-refractivity contribution < 1.29 is 5.11 Å². The molecule has 1 aliphatic rings. The smallest absolute Gasteiger partial charge is 0.105 e. The van der Waals surface area contributed by atoms with E-state index in [1.807, 2.05) is 56.7 Å². The van der Waals surface area contributed by atoms with Crippen LogP contribution >= 0.6 is 0 Å². The molecule has 0 saturated carbocycles. The molecule has 1 aliphatic carbocycles. The summed E-state index contributed by atoms with van der Waals surface area (Å²) in [6, 6.07) is 22.3. The van der Waals surface area contributed by atoms with Crippen molar-refractivity contribution in [2.24, 2.45) is 4.99 Å². The molecule has 1 N–H and O–H groups in total. The lowest BCUT2D eigenvalue weighted by molar-refractivity contribution is 0.225. The number of benzene rings is 3. The third-order valence-corrected chi connectivity index (χ3v) is 4.65. The Labute approximate surface area is 147 Å². The maximum Gasteiger partial charge on any atom is 0.105 e. The summed E-state index contributed by atoms with van der Waals surface area (Å²) >= 11 is 0.